The minimum absolute atomic E-state index is 0.755. The first-order chi connectivity index (χ1) is 8.81. The lowest BCUT2D eigenvalue weighted by molar-refractivity contribution is 0.273. The van der Waals surface area contributed by atoms with Crippen molar-refractivity contribution in [2.45, 2.75) is 20.0 Å². The van der Waals surface area contributed by atoms with Gasteiger partial charge < -0.3 is 0 Å². The maximum atomic E-state index is 5.33. The fourth-order valence-electron chi connectivity index (χ4n) is 1.69. The van der Waals surface area contributed by atoms with Crippen molar-refractivity contribution in [2.24, 2.45) is 5.84 Å². The highest BCUT2D eigenvalue weighted by atomic mass is 32.1. The number of hydrazine groups is 1. The van der Waals surface area contributed by atoms with Gasteiger partial charge in [0.25, 0.3) is 0 Å². The molecule has 0 radical (unpaired) electrons. The summed E-state index contributed by atoms with van der Waals surface area (Å²) < 4.78 is 0. The van der Waals surface area contributed by atoms with Crippen LogP contribution in [-0.4, -0.2) is 21.4 Å². The average molecular weight is 263 g/mol. The molecule has 2 aromatic rings. The number of nitrogens with zero attached hydrogens (tertiary/aromatic N) is 3. The molecular weight excluding hydrogens is 246 g/mol. The predicted octanol–water partition coefficient (Wildman–Crippen LogP) is 1.85. The number of thiazole rings is 1. The average Bonchev–Trinajstić information content (AvgIpc) is 2.87. The molecule has 0 saturated carbocycles. The Hall–Kier alpha value is -1.50. The van der Waals surface area contributed by atoms with Crippen molar-refractivity contribution in [1.82, 2.24) is 14.9 Å². The standard InChI is InChI=1S/C12H17N5S/c1-2-17(8-10-3-5-14-6-4-10)9-11-7-15-12(16-13)18-11/h3-7H,2,8-9,13H2,1H3,(H,15,16). The van der Waals surface area contributed by atoms with E-state index < -0.39 is 0 Å². The van der Waals surface area contributed by atoms with Gasteiger partial charge in [0.15, 0.2) is 5.13 Å². The van der Waals surface area contributed by atoms with Crippen molar-refractivity contribution >= 4 is 16.5 Å². The quantitative estimate of drug-likeness (QED) is 0.615. The number of anilines is 1. The zero-order chi connectivity index (χ0) is 12.8. The third-order valence-corrected chi connectivity index (χ3v) is 3.57. The van der Waals surface area contributed by atoms with Crippen LogP contribution < -0.4 is 11.3 Å². The summed E-state index contributed by atoms with van der Waals surface area (Å²) in [5.41, 5.74) is 3.84. The molecule has 0 aliphatic heterocycles. The maximum Gasteiger partial charge on any atom is 0.197 e. The Labute approximate surface area is 111 Å². The van der Waals surface area contributed by atoms with Crippen LogP contribution in [0.3, 0.4) is 0 Å². The summed E-state index contributed by atoms with van der Waals surface area (Å²) in [7, 11) is 0. The van der Waals surface area contributed by atoms with E-state index in [2.05, 4.69) is 27.2 Å². The van der Waals surface area contributed by atoms with E-state index in [1.54, 1.807) is 11.3 Å². The Morgan fingerprint density at radius 1 is 1.33 bits per heavy atom. The van der Waals surface area contributed by atoms with Crippen LogP contribution in [0.4, 0.5) is 5.13 Å². The normalized spacial score (nSPS) is 10.8. The second-order valence-electron chi connectivity index (χ2n) is 3.93. The lowest BCUT2D eigenvalue weighted by atomic mass is 10.2. The van der Waals surface area contributed by atoms with Crippen molar-refractivity contribution in [1.29, 1.82) is 0 Å². The van der Waals surface area contributed by atoms with Crippen LogP contribution in [-0.2, 0) is 13.1 Å². The Morgan fingerprint density at radius 2 is 2.11 bits per heavy atom. The van der Waals surface area contributed by atoms with Gasteiger partial charge in [-0.15, -0.1) is 0 Å². The SMILES string of the molecule is CCN(Cc1ccncc1)Cc1cnc(NN)s1. The Bertz CT molecular complexity index is 470. The van der Waals surface area contributed by atoms with Gasteiger partial charge in [0.05, 0.1) is 0 Å². The molecule has 0 saturated heterocycles. The lowest BCUT2D eigenvalue weighted by Crippen LogP contribution is -2.21. The molecule has 0 bridgehead atoms. The van der Waals surface area contributed by atoms with E-state index in [1.807, 2.05) is 30.7 Å². The summed E-state index contributed by atoms with van der Waals surface area (Å²) in [6.45, 7) is 4.95. The molecule has 96 valence electrons. The van der Waals surface area contributed by atoms with Gasteiger partial charge in [-0.2, -0.15) is 0 Å². The number of pyridine rings is 1. The van der Waals surface area contributed by atoms with Crippen molar-refractivity contribution in [3.05, 3.63) is 41.2 Å². The monoisotopic (exact) mass is 263 g/mol. The van der Waals surface area contributed by atoms with Gasteiger partial charge in [0, 0.05) is 36.6 Å². The zero-order valence-corrected chi connectivity index (χ0v) is 11.2. The van der Waals surface area contributed by atoms with E-state index in [1.165, 1.54) is 10.4 Å². The molecule has 0 unspecified atom stereocenters. The van der Waals surface area contributed by atoms with Crippen LogP contribution in [0.1, 0.15) is 17.4 Å². The summed E-state index contributed by atoms with van der Waals surface area (Å²) >= 11 is 1.59. The Balaban J connectivity index is 1.97. The van der Waals surface area contributed by atoms with Gasteiger partial charge in [-0.05, 0) is 24.2 Å². The van der Waals surface area contributed by atoms with Gasteiger partial charge >= 0.3 is 0 Å². The summed E-state index contributed by atoms with van der Waals surface area (Å²) in [4.78, 5) is 11.8. The number of hydrogen-bond acceptors (Lipinski definition) is 6. The van der Waals surface area contributed by atoms with Gasteiger partial charge in [-0.3, -0.25) is 15.3 Å². The predicted molar refractivity (Wildman–Crippen MR) is 73.9 cm³/mol. The third kappa shape index (κ3) is 3.49. The van der Waals surface area contributed by atoms with E-state index in [0.717, 1.165) is 24.8 Å². The van der Waals surface area contributed by atoms with Gasteiger partial charge in [0.1, 0.15) is 0 Å². The molecule has 5 nitrogen and oxygen atoms in total. The smallest absolute Gasteiger partial charge is 0.197 e. The van der Waals surface area contributed by atoms with Crippen LogP contribution in [0, 0.1) is 0 Å². The topological polar surface area (TPSA) is 67.1 Å². The highest BCUT2D eigenvalue weighted by Gasteiger charge is 2.07. The molecule has 0 amide bonds. The second-order valence-corrected chi connectivity index (χ2v) is 5.05. The van der Waals surface area contributed by atoms with Crippen molar-refractivity contribution < 1.29 is 0 Å². The van der Waals surface area contributed by atoms with Crippen LogP contribution in [0.15, 0.2) is 30.7 Å². The van der Waals surface area contributed by atoms with Crippen LogP contribution >= 0.6 is 11.3 Å². The van der Waals surface area contributed by atoms with Crippen LogP contribution in [0.5, 0.6) is 0 Å². The lowest BCUT2D eigenvalue weighted by Gasteiger charge is -2.19. The highest BCUT2D eigenvalue weighted by molar-refractivity contribution is 7.15. The molecule has 0 spiro atoms. The van der Waals surface area contributed by atoms with Crippen LogP contribution in [0.2, 0.25) is 0 Å². The third-order valence-electron chi connectivity index (χ3n) is 2.66. The number of nitrogen functional groups attached to an aromatic ring is 1. The number of aromatic nitrogens is 2. The number of nitrogens with two attached hydrogens (primary N) is 1. The molecular formula is C12H17N5S. The second kappa shape index (κ2) is 6.44. The van der Waals surface area contributed by atoms with E-state index in [-0.39, 0.29) is 0 Å². The van der Waals surface area contributed by atoms with Crippen molar-refractivity contribution in [3.63, 3.8) is 0 Å². The molecule has 2 rings (SSSR count). The molecule has 0 fully saturated rings. The summed E-state index contributed by atoms with van der Waals surface area (Å²) in [5, 5.41) is 0.755. The minimum atomic E-state index is 0.755. The fourth-order valence-corrected chi connectivity index (χ4v) is 2.46. The van der Waals surface area contributed by atoms with E-state index in [4.69, 9.17) is 5.84 Å². The summed E-state index contributed by atoms with van der Waals surface area (Å²) in [6.07, 6.45) is 5.52. The fraction of sp³-hybridized carbons (Fsp3) is 0.333. The van der Waals surface area contributed by atoms with Crippen LogP contribution in [0.25, 0.3) is 0 Å². The van der Waals surface area contributed by atoms with Gasteiger partial charge in [-0.25, -0.2) is 10.8 Å². The molecule has 3 N–H and O–H groups in total. The molecule has 0 aromatic carbocycles. The van der Waals surface area contributed by atoms with Gasteiger partial charge in [0.2, 0.25) is 0 Å². The Morgan fingerprint density at radius 3 is 2.72 bits per heavy atom. The molecule has 0 aliphatic rings. The van der Waals surface area contributed by atoms with Crippen molar-refractivity contribution in [2.75, 3.05) is 12.0 Å². The maximum absolute atomic E-state index is 5.33. The van der Waals surface area contributed by atoms with E-state index in [0.29, 0.717) is 0 Å². The first-order valence-electron chi connectivity index (χ1n) is 5.84. The highest BCUT2D eigenvalue weighted by Crippen LogP contribution is 2.19. The molecule has 0 atom stereocenters. The summed E-state index contributed by atoms with van der Waals surface area (Å²) in [5.74, 6) is 5.33. The molecule has 18 heavy (non-hydrogen) atoms. The van der Waals surface area contributed by atoms with Crippen molar-refractivity contribution in [3.8, 4) is 0 Å². The zero-order valence-electron chi connectivity index (χ0n) is 10.3. The summed E-state index contributed by atoms with van der Waals surface area (Å²) in [6, 6.07) is 4.09. The number of hydrogen-bond donors (Lipinski definition) is 2. The molecule has 6 heteroatoms. The van der Waals surface area contributed by atoms with E-state index >= 15 is 0 Å². The molecule has 2 aromatic heterocycles. The first kappa shape index (κ1) is 12.9. The molecule has 2 heterocycles. The number of rotatable bonds is 6. The molecule has 0 aliphatic carbocycles. The van der Waals surface area contributed by atoms with E-state index in [9.17, 15) is 0 Å². The minimum Gasteiger partial charge on any atom is -0.300 e. The largest absolute Gasteiger partial charge is 0.300 e. The number of nitrogens with one attached hydrogen (secondary N) is 1. The first-order valence-corrected chi connectivity index (χ1v) is 6.66. The Kier molecular flexibility index (Phi) is 4.63. The van der Waals surface area contributed by atoms with Gasteiger partial charge in [-0.1, -0.05) is 18.3 Å².